The number of amides is 1. The first-order valence-corrected chi connectivity index (χ1v) is 14.5. The van der Waals surface area contributed by atoms with E-state index in [0.29, 0.717) is 23.2 Å². The van der Waals surface area contributed by atoms with Crippen LogP contribution in [0.25, 0.3) is 20.8 Å². The van der Waals surface area contributed by atoms with Crippen LogP contribution in [0.2, 0.25) is 0 Å². The summed E-state index contributed by atoms with van der Waals surface area (Å²) in [6, 6.07) is 1.60. The van der Waals surface area contributed by atoms with Crippen molar-refractivity contribution in [2.75, 3.05) is 10.6 Å². The number of rotatable bonds is 9. The van der Waals surface area contributed by atoms with E-state index in [1.165, 1.54) is 24.2 Å². The van der Waals surface area contributed by atoms with Crippen molar-refractivity contribution >= 4 is 39.2 Å². The molecule has 0 radical (unpaired) electrons. The third-order valence-corrected chi connectivity index (χ3v) is 9.16. The minimum absolute atomic E-state index is 0.0905. The lowest BCUT2D eigenvalue weighted by Crippen LogP contribution is -2.44. The summed E-state index contributed by atoms with van der Waals surface area (Å²) in [4.78, 5) is 31.3. The number of carbonyl (C=O) groups is 1. The van der Waals surface area contributed by atoms with Crippen LogP contribution in [0, 0.1) is 25.7 Å². The first-order chi connectivity index (χ1) is 18.7. The van der Waals surface area contributed by atoms with Gasteiger partial charge in [-0.3, -0.25) is 9.78 Å². The summed E-state index contributed by atoms with van der Waals surface area (Å²) in [5, 5.41) is 42.7. The largest absolute Gasteiger partial charge is 0.390 e. The van der Waals surface area contributed by atoms with E-state index >= 15 is 0 Å². The summed E-state index contributed by atoms with van der Waals surface area (Å²) in [6.45, 7) is 5.94. The third kappa shape index (κ3) is 5.30. The van der Waals surface area contributed by atoms with E-state index in [1.54, 1.807) is 6.20 Å². The van der Waals surface area contributed by atoms with Gasteiger partial charge in [-0.1, -0.05) is 0 Å². The molecule has 39 heavy (non-hydrogen) atoms. The number of hydrogen-bond donors (Lipinski definition) is 6. The van der Waals surface area contributed by atoms with Gasteiger partial charge < -0.3 is 31.3 Å². The first-order valence-electron chi connectivity index (χ1n) is 13.7. The van der Waals surface area contributed by atoms with Gasteiger partial charge in [0.15, 0.2) is 0 Å². The molecule has 1 unspecified atom stereocenters. The van der Waals surface area contributed by atoms with Crippen molar-refractivity contribution in [2.24, 2.45) is 11.8 Å². The van der Waals surface area contributed by atoms with Gasteiger partial charge in [0, 0.05) is 24.2 Å². The second-order valence-electron chi connectivity index (χ2n) is 11.2. The summed E-state index contributed by atoms with van der Waals surface area (Å²) in [5.74, 6) is 0.232. The molecule has 3 aromatic heterocycles. The zero-order valence-corrected chi connectivity index (χ0v) is 23.1. The molecule has 6 atom stereocenters. The maximum Gasteiger partial charge on any atom is 0.249 e. The van der Waals surface area contributed by atoms with Crippen LogP contribution < -0.4 is 16.0 Å². The summed E-state index contributed by atoms with van der Waals surface area (Å²) in [5.41, 5.74) is 3.07. The van der Waals surface area contributed by atoms with E-state index in [9.17, 15) is 20.1 Å². The van der Waals surface area contributed by atoms with Crippen LogP contribution in [0.15, 0.2) is 12.3 Å². The standard InChI is InChI=1S/C27H35N7O4S/c1-11(14-4-5-14)29-27-30-12(2)19(26-33-20-13(3)28-9-8-18(20)39-26)24(34-27)32-17-10-16(21(35)23(17)37)22(36)25(38)31-15-6-7-15/h8-9,11,14-17,21-23,35-37H,4-7,10H2,1-3H3,(H,31,38)(H2,29,30,32,34)/t11-,16+,17-,21-,22?,23+/m1/s1. The lowest BCUT2D eigenvalue weighted by molar-refractivity contribution is -0.135. The molecule has 11 nitrogen and oxygen atoms in total. The van der Waals surface area contributed by atoms with E-state index in [0.717, 1.165) is 39.5 Å². The fourth-order valence-corrected chi connectivity index (χ4v) is 6.52. The van der Waals surface area contributed by atoms with Crippen LogP contribution in [0.5, 0.6) is 0 Å². The highest BCUT2D eigenvalue weighted by atomic mass is 32.1. The van der Waals surface area contributed by atoms with E-state index in [2.05, 4.69) is 27.9 Å². The van der Waals surface area contributed by atoms with Crippen molar-refractivity contribution in [3.8, 4) is 10.6 Å². The van der Waals surface area contributed by atoms with E-state index in [4.69, 9.17) is 15.0 Å². The van der Waals surface area contributed by atoms with Gasteiger partial charge in [0.1, 0.15) is 28.6 Å². The number of aromatic nitrogens is 4. The van der Waals surface area contributed by atoms with Gasteiger partial charge in [0.05, 0.1) is 33.8 Å². The molecule has 0 aromatic carbocycles. The average molecular weight is 554 g/mol. The molecule has 3 fully saturated rings. The molecule has 6 rings (SSSR count). The van der Waals surface area contributed by atoms with Crippen molar-refractivity contribution < 1.29 is 20.1 Å². The lowest BCUT2D eigenvalue weighted by atomic mass is 9.97. The predicted octanol–water partition coefficient (Wildman–Crippen LogP) is 2.14. The highest BCUT2D eigenvalue weighted by Gasteiger charge is 2.47. The molecular weight excluding hydrogens is 518 g/mol. The van der Waals surface area contributed by atoms with Gasteiger partial charge in [-0.2, -0.15) is 4.98 Å². The van der Waals surface area contributed by atoms with Crippen LogP contribution in [-0.2, 0) is 4.79 Å². The number of aryl methyl sites for hydroxylation is 2. The van der Waals surface area contributed by atoms with Crippen molar-refractivity contribution in [1.29, 1.82) is 0 Å². The van der Waals surface area contributed by atoms with Gasteiger partial charge in [-0.15, -0.1) is 11.3 Å². The molecule has 1 amide bonds. The van der Waals surface area contributed by atoms with Gasteiger partial charge in [-0.25, -0.2) is 9.97 Å². The predicted molar refractivity (Wildman–Crippen MR) is 148 cm³/mol. The topological polar surface area (TPSA) is 165 Å². The zero-order chi connectivity index (χ0) is 27.4. The average Bonchev–Trinajstić information content (AvgIpc) is 3.83. The molecule has 3 aliphatic carbocycles. The minimum Gasteiger partial charge on any atom is -0.390 e. The van der Waals surface area contributed by atoms with Gasteiger partial charge in [-0.05, 0) is 64.9 Å². The fourth-order valence-electron chi connectivity index (χ4n) is 5.41. The molecule has 0 bridgehead atoms. The molecular formula is C27H35N7O4S. The SMILES string of the molecule is Cc1nc(N[C@H](C)C2CC2)nc(N[C@@H]2C[C@H](C(O)C(=O)NC3CC3)[C@@H](O)[C@H]2O)c1-c1nc2c(C)nccc2s1. The molecule has 0 saturated heterocycles. The molecule has 6 N–H and O–H groups in total. The Bertz CT molecular complexity index is 1390. The van der Waals surface area contributed by atoms with Crippen LogP contribution in [0.3, 0.4) is 0 Å². The number of pyridine rings is 1. The molecule has 0 aliphatic heterocycles. The number of carbonyl (C=O) groups excluding carboxylic acids is 1. The number of nitrogens with one attached hydrogen (secondary N) is 3. The summed E-state index contributed by atoms with van der Waals surface area (Å²) in [6.07, 6.45) is 2.22. The summed E-state index contributed by atoms with van der Waals surface area (Å²) >= 11 is 1.51. The molecule has 3 saturated carbocycles. The Labute approximate surface area is 230 Å². The van der Waals surface area contributed by atoms with Gasteiger partial charge in [0.25, 0.3) is 0 Å². The minimum atomic E-state index is -1.41. The molecule has 12 heteroatoms. The number of anilines is 2. The van der Waals surface area contributed by atoms with Gasteiger partial charge in [0.2, 0.25) is 11.9 Å². The van der Waals surface area contributed by atoms with Gasteiger partial charge >= 0.3 is 0 Å². The molecule has 208 valence electrons. The zero-order valence-electron chi connectivity index (χ0n) is 22.3. The summed E-state index contributed by atoms with van der Waals surface area (Å²) in [7, 11) is 0. The number of fused-ring (bicyclic) bond motifs is 1. The Morgan fingerprint density at radius 2 is 1.85 bits per heavy atom. The fraction of sp³-hybridized carbons (Fsp3) is 0.593. The number of aliphatic hydroxyl groups excluding tert-OH is 3. The molecule has 3 aliphatic rings. The van der Waals surface area contributed by atoms with Crippen molar-refractivity contribution in [2.45, 2.75) is 89.3 Å². The van der Waals surface area contributed by atoms with Crippen LogP contribution in [0.4, 0.5) is 11.8 Å². The second-order valence-corrected chi connectivity index (χ2v) is 12.3. The number of aliphatic hydroxyl groups is 3. The monoisotopic (exact) mass is 553 g/mol. The normalized spacial score (nSPS) is 26.4. The number of nitrogens with zero attached hydrogens (tertiary/aromatic N) is 4. The number of hydrogen-bond acceptors (Lipinski definition) is 11. The maximum atomic E-state index is 12.5. The van der Waals surface area contributed by atoms with Crippen molar-refractivity contribution in [3.05, 3.63) is 23.7 Å². The first kappa shape index (κ1) is 26.3. The third-order valence-electron chi connectivity index (χ3n) is 8.13. The second kappa shape index (κ2) is 10.2. The molecule has 3 heterocycles. The Kier molecular flexibility index (Phi) is 6.90. The Morgan fingerprint density at radius 3 is 2.54 bits per heavy atom. The molecule has 3 aromatic rings. The maximum absolute atomic E-state index is 12.5. The quantitative estimate of drug-likeness (QED) is 0.231. The van der Waals surface area contributed by atoms with Crippen LogP contribution in [0.1, 0.15) is 50.4 Å². The molecule has 0 spiro atoms. The number of thiazole rings is 1. The highest BCUT2D eigenvalue weighted by molar-refractivity contribution is 7.21. The van der Waals surface area contributed by atoms with E-state index < -0.39 is 36.2 Å². The Balaban J connectivity index is 1.32. The Morgan fingerprint density at radius 1 is 1.08 bits per heavy atom. The summed E-state index contributed by atoms with van der Waals surface area (Å²) < 4.78 is 0.994. The Hall–Kier alpha value is -2.93. The highest BCUT2D eigenvalue weighted by Crippen LogP contribution is 2.40. The van der Waals surface area contributed by atoms with E-state index in [1.807, 2.05) is 19.9 Å². The van der Waals surface area contributed by atoms with Crippen LogP contribution >= 0.6 is 11.3 Å². The van der Waals surface area contributed by atoms with Crippen molar-refractivity contribution in [3.63, 3.8) is 0 Å². The smallest absolute Gasteiger partial charge is 0.249 e. The van der Waals surface area contributed by atoms with Crippen LogP contribution in [-0.4, -0.2) is 77.6 Å². The van der Waals surface area contributed by atoms with E-state index in [-0.39, 0.29) is 18.5 Å². The van der Waals surface area contributed by atoms with Crippen molar-refractivity contribution in [1.82, 2.24) is 25.3 Å². The lowest BCUT2D eigenvalue weighted by Gasteiger charge is -2.22.